The fraction of sp³-hybridized carbons (Fsp3) is 0.455. The minimum absolute atomic E-state index is 0.554. The van der Waals surface area contributed by atoms with Crippen LogP contribution in [0.3, 0.4) is 0 Å². The van der Waals surface area contributed by atoms with Crippen LogP contribution >= 0.6 is 0 Å². The third-order valence-corrected chi connectivity index (χ3v) is 1.67. The summed E-state index contributed by atoms with van der Waals surface area (Å²) in [4.78, 5) is 0. The van der Waals surface area contributed by atoms with Gasteiger partial charge in [0.2, 0.25) is 0 Å². The lowest BCUT2D eigenvalue weighted by Crippen LogP contribution is -2.02. The molecule has 0 amide bonds. The Labute approximate surface area is 79.8 Å². The van der Waals surface area contributed by atoms with Gasteiger partial charge in [-0.05, 0) is 18.1 Å². The van der Waals surface area contributed by atoms with Crippen molar-refractivity contribution in [1.82, 2.24) is 0 Å². The molecule has 72 valence electrons. The second-order valence-corrected chi connectivity index (χ2v) is 3.61. The lowest BCUT2D eigenvalue weighted by molar-refractivity contribution is 0.175. The second-order valence-electron chi connectivity index (χ2n) is 3.61. The fourth-order valence-electron chi connectivity index (χ4n) is 1.03. The minimum atomic E-state index is 0.554. The Morgan fingerprint density at radius 1 is 1.54 bits per heavy atom. The first-order chi connectivity index (χ1) is 6.18. The Kier molecular flexibility index (Phi) is 3.62. The first-order valence-electron chi connectivity index (χ1n) is 4.64. The van der Waals surface area contributed by atoms with Crippen molar-refractivity contribution >= 4 is 0 Å². The van der Waals surface area contributed by atoms with E-state index in [1.54, 1.807) is 0 Å². The number of hydrogen-bond donors (Lipinski definition) is 1. The standard InChI is InChI=1S/C11H17NO/c1-9(2)8-13-11-6-4-3-5-10(12)7-11/h3-5,7,9H,6,8,12H2,1-2H3. The van der Waals surface area contributed by atoms with Crippen LogP contribution in [0, 0.1) is 5.92 Å². The van der Waals surface area contributed by atoms with Crippen LogP contribution in [-0.2, 0) is 4.74 Å². The van der Waals surface area contributed by atoms with Crippen molar-refractivity contribution in [1.29, 1.82) is 0 Å². The molecule has 2 nitrogen and oxygen atoms in total. The van der Waals surface area contributed by atoms with E-state index in [4.69, 9.17) is 10.5 Å². The van der Waals surface area contributed by atoms with Gasteiger partial charge >= 0.3 is 0 Å². The molecule has 0 radical (unpaired) electrons. The molecular weight excluding hydrogens is 162 g/mol. The molecule has 0 heterocycles. The maximum absolute atomic E-state index is 5.68. The summed E-state index contributed by atoms with van der Waals surface area (Å²) in [7, 11) is 0. The molecule has 0 atom stereocenters. The highest BCUT2D eigenvalue weighted by atomic mass is 16.5. The molecule has 0 aliphatic heterocycles. The smallest absolute Gasteiger partial charge is 0.102 e. The Bertz CT molecular complexity index is 249. The van der Waals surface area contributed by atoms with E-state index in [9.17, 15) is 0 Å². The van der Waals surface area contributed by atoms with Gasteiger partial charge in [0.25, 0.3) is 0 Å². The summed E-state index contributed by atoms with van der Waals surface area (Å²) in [5.41, 5.74) is 6.44. The van der Waals surface area contributed by atoms with E-state index in [1.807, 2.05) is 24.3 Å². The van der Waals surface area contributed by atoms with Crippen LogP contribution in [0.5, 0.6) is 0 Å². The minimum Gasteiger partial charge on any atom is -0.497 e. The van der Waals surface area contributed by atoms with Crippen molar-refractivity contribution in [2.75, 3.05) is 6.61 Å². The third-order valence-electron chi connectivity index (χ3n) is 1.67. The predicted octanol–water partition coefficient (Wildman–Crippen LogP) is 2.35. The predicted molar refractivity (Wildman–Crippen MR) is 54.9 cm³/mol. The van der Waals surface area contributed by atoms with Crippen LogP contribution in [-0.4, -0.2) is 6.61 Å². The highest BCUT2D eigenvalue weighted by molar-refractivity contribution is 5.27. The Morgan fingerprint density at radius 3 is 3.00 bits per heavy atom. The molecule has 0 fully saturated rings. The molecule has 0 unspecified atom stereocenters. The highest BCUT2D eigenvalue weighted by Crippen LogP contribution is 2.12. The van der Waals surface area contributed by atoms with E-state index in [2.05, 4.69) is 13.8 Å². The van der Waals surface area contributed by atoms with E-state index >= 15 is 0 Å². The van der Waals surface area contributed by atoms with E-state index in [0.717, 1.165) is 24.5 Å². The molecule has 0 bridgehead atoms. The summed E-state index contributed by atoms with van der Waals surface area (Å²) in [6, 6.07) is 0. The van der Waals surface area contributed by atoms with Crippen molar-refractivity contribution in [3.8, 4) is 0 Å². The molecule has 1 rings (SSSR count). The van der Waals surface area contributed by atoms with Gasteiger partial charge < -0.3 is 10.5 Å². The van der Waals surface area contributed by atoms with Crippen LogP contribution in [0.2, 0.25) is 0 Å². The quantitative estimate of drug-likeness (QED) is 0.721. The van der Waals surface area contributed by atoms with Crippen molar-refractivity contribution in [2.45, 2.75) is 20.3 Å². The van der Waals surface area contributed by atoms with Gasteiger partial charge in [0.1, 0.15) is 5.76 Å². The lowest BCUT2D eigenvalue weighted by atomic mass is 10.2. The van der Waals surface area contributed by atoms with Crippen molar-refractivity contribution < 1.29 is 4.74 Å². The molecule has 0 spiro atoms. The van der Waals surface area contributed by atoms with Crippen LogP contribution in [0.4, 0.5) is 0 Å². The monoisotopic (exact) mass is 179 g/mol. The molecule has 1 aliphatic carbocycles. The summed E-state index contributed by atoms with van der Waals surface area (Å²) in [5, 5.41) is 0. The number of rotatable bonds is 3. The summed E-state index contributed by atoms with van der Waals surface area (Å²) < 4.78 is 5.58. The Morgan fingerprint density at radius 2 is 2.31 bits per heavy atom. The second kappa shape index (κ2) is 4.75. The lowest BCUT2D eigenvalue weighted by Gasteiger charge is -2.10. The van der Waals surface area contributed by atoms with E-state index < -0.39 is 0 Å². The van der Waals surface area contributed by atoms with E-state index in [0.29, 0.717) is 5.92 Å². The zero-order chi connectivity index (χ0) is 9.68. The van der Waals surface area contributed by atoms with Crippen LogP contribution < -0.4 is 5.73 Å². The van der Waals surface area contributed by atoms with Gasteiger partial charge in [-0.25, -0.2) is 0 Å². The molecular formula is C11H17NO. The maximum Gasteiger partial charge on any atom is 0.102 e. The van der Waals surface area contributed by atoms with Crippen molar-refractivity contribution in [2.24, 2.45) is 11.7 Å². The van der Waals surface area contributed by atoms with Gasteiger partial charge in [-0.2, -0.15) is 0 Å². The molecule has 0 saturated heterocycles. The molecule has 13 heavy (non-hydrogen) atoms. The highest BCUT2D eigenvalue weighted by Gasteiger charge is 2.01. The summed E-state index contributed by atoms with van der Waals surface area (Å²) >= 11 is 0. The zero-order valence-electron chi connectivity index (χ0n) is 8.29. The molecule has 1 aliphatic rings. The Balaban J connectivity index is 2.50. The molecule has 2 heteroatoms. The van der Waals surface area contributed by atoms with Gasteiger partial charge in [0, 0.05) is 12.1 Å². The number of hydrogen-bond acceptors (Lipinski definition) is 2. The van der Waals surface area contributed by atoms with Crippen molar-refractivity contribution in [3.05, 3.63) is 35.8 Å². The summed E-state index contributed by atoms with van der Waals surface area (Å²) in [6.07, 6.45) is 8.61. The normalized spacial score (nSPS) is 16.5. The first kappa shape index (κ1) is 9.90. The average molecular weight is 179 g/mol. The number of nitrogens with two attached hydrogens (primary N) is 1. The molecule has 0 aromatic rings. The van der Waals surface area contributed by atoms with Crippen LogP contribution in [0.25, 0.3) is 0 Å². The fourth-order valence-corrected chi connectivity index (χ4v) is 1.03. The SMILES string of the molecule is CC(C)COC1=CC(N)=CC=CC1. The van der Waals surface area contributed by atoms with Gasteiger partial charge in [-0.15, -0.1) is 0 Å². The Hall–Kier alpha value is -1.18. The van der Waals surface area contributed by atoms with Crippen molar-refractivity contribution in [3.63, 3.8) is 0 Å². The van der Waals surface area contributed by atoms with Gasteiger partial charge in [0.05, 0.1) is 6.61 Å². The molecule has 0 aromatic heterocycles. The average Bonchev–Trinajstić information content (AvgIpc) is 2.26. The number of ether oxygens (including phenoxy) is 1. The summed E-state index contributed by atoms with van der Waals surface area (Å²) in [6.45, 7) is 5.02. The summed E-state index contributed by atoms with van der Waals surface area (Å²) in [5.74, 6) is 1.51. The first-order valence-corrected chi connectivity index (χ1v) is 4.64. The molecule has 0 aromatic carbocycles. The maximum atomic E-state index is 5.68. The van der Waals surface area contributed by atoms with Gasteiger partial charge in [-0.3, -0.25) is 0 Å². The van der Waals surface area contributed by atoms with Crippen LogP contribution in [0.1, 0.15) is 20.3 Å². The van der Waals surface area contributed by atoms with Gasteiger partial charge in [0.15, 0.2) is 0 Å². The zero-order valence-corrected chi connectivity index (χ0v) is 8.29. The van der Waals surface area contributed by atoms with E-state index in [-0.39, 0.29) is 0 Å². The third kappa shape index (κ3) is 3.83. The molecule has 2 N–H and O–H groups in total. The van der Waals surface area contributed by atoms with E-state index in [1.165, 1.54) is 0 Å². The van der Waals surface area contributed by atoms with Crippen LogP contribution in [0.15, 0.2) is 35.8 Å². The topological polar surface area (TPSA) is 35.2 Å². The van der Waals surface area contributed by atoms with Gasteiger partial charge in [-0.1, -0.05) is 26.0 Å². The molecule has 0 saturated carbocycles. The largest absolute Gasteiger partial charge is 0.497 e. The number of allylic oxidation sites excluding steroid dienone is 4.